The number of nitrogens with zero attached hydrogens (tertiary/aromatic N) is 3. The third kappa shape index (κ3) is 7.37. The van der Waals surface area contributed by atoms with Gasteiger partial charge in [0.2, 0.25) is 5.62 Å². The van der Waals surface area contributed by atoms with Crippen LogP contribution < -0.4 is 10.5 Å². The first-order valence-electron chi connectivity index (χ1n) is 11.5. The minimum Gasteiger partial charge on any atom is -0.320 e. The monoisotopic (exact) mass is 491 g/mol. The van der Waals surface area contributed by atoms with Gasteiger partial charge in [-0.25, -0.2) is 17.6 Å². The minimum atomic E-state index is -2.79. The van der Waals surface area contributed by atoms with Gasteiger partial charge in [-0.2, -0.15) is 4.98 Å². The van der Waals surface area contributed by atoms with E-state index in [0.29, 0.717) is 5.56 Å². The molecule has 0 unspecified atom stereocenters. The highest BCUT2D eigenvalue weighted by Gasteiger charge is 2.30. The zero-order valence-corrected chi connectivity index (χ0v) is 21.0. The van der Waals surface area contributed by atoms with E-state index in [9.17, 15) is 17.6 Å². The minimum absolute atomic E-state index is 0.0392. The largest absolute Gasteiger partial charge is 0.320 e. The summed E-state index contributed by atoms with van der Waals surface area (Å²) in [4.78, 5) is 5.10. The molecule has 1 aliphatic carbocycles. The van der Waals surface area contributed by atoms with E-state index in [1.54, 1.807) is 6.92 Å². The molecule has 0 spiro atoms. The number of aromatic nitrogens is 2. The van der Waals surface area contributed by atoms with E-state index in [2.05, 4.69) is 18.8 Å². The number of nitrogens with one attached hydrogen (secondary N) is 2. The predicted octanol–water partition coefficient (Wildman–Crippen LogP) is 7.18. The van der Waals surface area contributed by atoms with Crippen molar-refractivity contribution in [3.8, 4) is 0 Å². The molecule has 2 N–H and O–H groups in total. The van der Waals surface area contributed by atoms with Crippen molar-refractivity contribution >= 4 is 28.2 Å². The summed E-state index contributed by atoms with van der Waals surface area (Å²) in [7, 11) is 0. The molecule has 0 bridgehead atoms. The van der Waals surface area contributed by atoms with E-state index in [-0.39, 0.29) is 33.9 Å². The number of anilines is 2. The van der Waals surface area contributed by atoms with Gasteiger partial charge in [0.25, 0.3) is 6.43 Å². The van der Waals surface area contributed by atoms with Crippen molar-refractivity contribution in [3.63, 3.8) is 0 Å². The Kier molecular flexibility index (Phi) is 9.18. The lowest BCUT2D eigenvalue weighted by Crippen LogP contribution is -2.32. The zero-order chi connectivity index (χ0) is 26.5. The molecule has 35 heavy (non-hydrogen) atoms. The molecule has 0 atom stereocenters. The van der Waals surface area contributed by atoms with Crippen molar-refractivity contribution in [2.24, 2.45) is 5.41 Å². The summed E-state index contributed by atoms with van der Waals surface area (Å²) in [6.07, 6.45) is 0.111. The summed E-state index contributed by atoms with van der Waals surface area (Å²) in [6.45, 7) is 10.8. The molecular formula is C26H33F4N5. The molecule has 1 aromatic heterocycles. The maximum Gasteiger partial charge on any atom is 0.256 e. The second kappa shape index (κ2) is 11.5. The van der Waals surface area contributed by atoms with Crippen molar-refractivity contribution in [3.05, 3.63) is 59.2 Å². The Hall–Kier alpha value is -3.23. The van der Waals surface area contributed by atoms with Crippen LogP contribution >= 0.6 is 0 Å². The molecule has 3 aromatic rings. The fourth-order valence-electron chi connectivity index (χ4n) is 3.33. The number of fused-ring (bicyclic) bond motifs is 1. The quantitative estimate of drug-likeness (QED) is 0.230. The van der Waals surface area contributed by atoms with Crippen molar-refractivity contribution in [1.29, 1.82) is 10.8 Å². The zero-order valence-electron chi connectivity index (χ0n) is 21.0. The van der Waals surface area contributed by atoms with Gasteiger partial charge in [-0.15, -0.1) is 0 Å². The lowest BCUT2D eigenvalue weighted by atomic mass is 10.1. The topological polar surface area (TPSA) is 68.8 Å². The van der Waals surface area contributed by atoms with Crippen LogP contribution in [0.2, 0.25) is 0 Å². The average Bonchev–Trinajstić information content (AvgIpc) is 3.46. The Morgan fingerprint density at radius 2 is 1.69 bits per heavy atom. The molecule has 1 heterocycles. The lowest BCUT2D eigenvalue weighted by Gasteiger charge is -2.26. The summed E-state index contributed by atoms with van der Waals surface area (Å²) in [5, 5.41) is 16.1. The Morgan fingerprint density at radius 3 is 2.17 bits per heavy atom. The maximum atomic E-state index is 13.9. The van der Waals surface area contributed by atoms with Crippen LogP contribution in [-0.2, 0) is 0 Å². The average molecular weight is 492 g/mol. The molecule has 9 heteroatoms. The van der Waals surface area contributed by atoms with Crippen LogP contribution in [0.5, 0.6) is 0 Å². The van der Waals surface area contributed by atoms with E-state index in [4.69, 9.17) is 10.8 Å². The van der Waals surface area contributed by atoms with Gasteiger partial charge in [0, 0.05) is 11.1 Å². The predicted molar refractivity (Wildman–Crippen MR) is 133 cm³/mol. The van der Waals surface area contributed by atoms with Gasteiger partial charge >= 0.3 is 0 Å². The number of alkyl halides is 2. The molecule has 1 saturated carbocycles. The van der Waals surface area contributed by atoms with Gasteiger partial charge in [0.05, 0.1) is 12.1 Å². The van der Waals surface area contributed by atoms with Crippen LogP contribution in [0.15, 0.2) is 36.4 Å². The molecule has 0 amide bonds. The van der Waals surface area contributed by atoms with Gasteiger partial charge in [-0.3, -0.25) is 15.4 Å². The first-order valence-corrected chi connectivity index (χ1v) is 11.5. The summed E-state index contributed by atoms with van der Waals surface area (Å²) in [6, 6.07) is 7.43. The van der Waals surface area contributed by atoms with Crippen LogP contribution in [0, 0.1) is 34.8 Å². The molecule has 190 valence electrons. The molecule has 2 aromatic carbocycles. The molecule has 5 nitrogen and oxygen atoms in total. The number of hydrogen-bond donors (Lipinski definition) is 2. The molecule has 1 aliphatic rings. The lowest BCUT2D eigenvalue weighted by molar-refractivity contribution is 0.157. The van der Waals surface area contributed by atoms with Crippen LogP contribution in [0.1, 0.15) is 53.0 Å². The number of benzene rings is 2. The first-order chi connectivity index (χ1) is 16.4. The third-order valence-corrected chi connectivity index (χ3v) is 5.36. The Labute approximate surface area is 203 Å². The molecule has 0 saturated heterocycles. The summed E-state index contributed by atoms with van der Waals surface area (Å²) in [5.74, 6) is -1.39. The van der Waals surface area contributed by atoms with Gasteiger partial charge in [0.15, 0.2) is 0 Å². The number of hydrogen-bond acceptors (Lipinski definition) is 4. The molecule has 0 aliphatic heterocycles. The highest BCUT2D eigenvalue weighted by Crippen LogP contribution is 2.43. The van der Waals surface area contributed by atoms with E-state index < -0.39 is 24.6 Å². The number of rotatable bonds is 4. The molecular weight excluding hydrogens is 458 g/mol. The van der Waals surface area contributed by atoms with E-state index in [1.807, 2.05) is 13.8 Å². The van der Waals surface area contributed by atoms with Crippen LogP contribution in [-0.4, -0.2) is 28.4 Å². The maximum absolute atomic E-state index is 13.9. The van der Waals surface area contributed by atoms with Gasteiger partial charge in [-0.1, -0.05) is 27.7 Å². The van der Waals surface area contributed by atoms with E-state index in [0.717, 1.165) is 33.1 Å². The smallest absolute Gasteiger partial charge is 0.256 e. The Balaban J connectivity index is 0.000000538. The van der Waals surface area contributed by atoms with Gasteiger partial charge in [0.1, 0.15) is 23.3 Å². The Bertz CT molecular complexity index is 1220. The highest BCUT2D eigenvalue weighted by molar-refractivity contribution is 5.97. The van der Waals surface area contributed by atoms with Crippen molar-refractivity contribution < 1.29 is 17.6 Å². The fourth-order valence-corrected chi connectivity index (χ4v) is 3.33. The van der Waals surface area contributed by atoms with Gasteiger partial charge in [-0.05, 0) is 74.1 Å². The second-order valence-electron chi connectivity index (χ2n) is 8.99. The summed E-state index contributed by atoms with van der Waals surface area (Å²) in [5.41, 5.74) is 1.25. The van der Waals surface area contributed by atoms with Crippen molar-refractivity contribution in [2.75, 3.05) is 11.4 Å². The fraction of sp³-hybridized carbons (Fsp3) is 0.423. The molecule has 4 rings (SSSR count). The van der Waals surface area contributed by atoms with Gasteiger partial charge < -0.3 is 4.90 Å². The molecule has 0 radical (unpaired) electrons. The van der Waals surface area contributed by atoms with Crippen LogP contribution in [0.3, 0.4) is 0 Å². The standard InChI is InChI=1S/C19H17F4N5.C5H10.C2H6/c1-10-5-13(21)7-14(6-10)27(9-17(22)23)18-15-8-12(20)3-4-16(15)28(11(2)24)19(25)26-18;1-5(2)3-4-5;1-2/h3-8,17,24-25H,9H2,1-2H3;3-4H2,1-2H3;1-2H3. The van der Waals surface area contributed by atoms with Crippen molar-refractivity contribution in [2.45, 2.75) is 60.8 Å². The summed E-state index contributed by atoms with van der Waals surface area (Å²) < 4.78 is 55.7. The number of aryl methyl sites for hydroxylation is 1. The Morgan fingerprint density at radius 1 is 1.09 bits per heavy atom. The SMILES string of the molecule is CC.CC(=N)n1c(=N)nc(N(CC(F)F)c2cc(C)cc(F)c2)c2cc(F)ccc21.CC1(C)CC1. The summed E-state index contributed by atoms with van der Waals surface area (Å²) >= 11 is 0. The highest BCUT2D eigenvalue weighted by atomic mass is 19.3. The third-order valence-electron chi connectivity index (χ3n) is 5.36. The van der Waals surface area contributed by atoms with Crippen LogP contribution in [0.4, 0.5) is 29.1 Å². The molecule has 1 fully saturated rings. The van der Waals surface area contributed by atoms with E-state index in [1.165, 1.54) is 38.0 Å². The van der Waals surface area contributed by atoms with E-state index >= 15 is 0 Å². The van der Waals surface area contributed by atoms with Crippen molar-refractivity contribution in [1.82, 2.24) is 9.55 Å². The first kappa shape index (κ1) is 28.0. The normalized spacial score (nSPS) is 13.5. The second-order valence-corrected chi connectivity index (χ2v) is 8.99. The van der Waals surface area contributed by atoms with Crippen LogP contribution in [0.25, 0.3) is 10.9 Å². The number of halogens is 4.